The van der Waals surface area contributed by atoms with Gasteiger partial charge in [-0.25, -0.2) is 0 Å². The Morgan fingerprint density at radius 1 is 0.155 bits per heavy atom. The van der Waals surface area contributed by atoms with E-state index in [-0.39, 0.29) is 0 Å². The molecule has 0 aliphatic heterocycles. The fourth-order valence-corrected chi connectivity index (χ4v) is 23.1. The minimum atomic E-state index is 0.895. The number of hydrogen-bond donors (Lipinski definition) is 0. The van der Waals surface area contributed by atoms with Crippen LogP contribution in [0.25, 0.3) is 197 Å². The monoisotopic (exact) mass is 1820 g/mol. The standard InChI is InChI=1S/C68H48N2O2.C66H44N2O2/c1-41-15-9-16-42(2)65(41)69(49-21-11-19-47(39-49)51-25-13-27-55-53-23-5-7-29-61(53)71-67(51)55)59-37-33-45-32-36-58-60(38-34-46-31-35-57(59)63(45)64(46)58)70(66-43(3)17-10-18-44(66)4)50-22-12-20-48(40-50)52-26-14-28-56-54-24-6-8-30-62(54)72-68(52)56;1-41-37-59(67(45-19-5-3-6-20-45)47-23-13-17-43(39-47)51-27-15-29-55-53-25-9-11-31-61(53)69-65(51)55)57-36-34-50-42(2)38-60(58-35-33-49(41)63(57)64(50)58)68(46-21-7-4-8-22-46)48-24-14-18-44(40-48)52-28-16-30-56-54-26-10-12-32-62(54)70-66(52)56/h5-40H,1-4H3;3-40H,1-2H3. The van der Waals surface area contributed by atoms with Gasteiger partial charge in [0.15, 0.2) is 0 Å². The average Bonchev–Trinajstić information content (AvgIpc) is 1.50. The van der Waals surface area contributed by atoms with E-state index in [0.717, 1.165) is 189 Å². The molecule has 0 saturated carbocycles. The summed E-state index contributed by atoms with van der Waals surface area (Å²) >= 11 is 0. The van der Waals surface area contributed by atoms with Gasteiger partial charge in [0.2, 0.25) is 0 Å². The van der Waals surface area contributed by atoms with Crippen LogP contribution < -0.4 is 19.6 Å². The molecule has 0 unspecified atom stereocenters. The van der Waals surface area contributed by atoms with Crippen LogP contribution in [0.1, 0.15) is 33.4 Å². The van der Waals surface area contributed by atoms with Crippen LogP contribution in [0, 0.1) is 41.5 Å². The van der Waals surface area contributed by atoms with E-state index in [2.05, 4.69) is 486 Å². The molecule has 0 bridgehead atoms. The van der Waals surface area contributed by atoms with Crippen LogP contribution in [0.5, 0.6) is 0 Å². The molecule has 8 nitrogen and oxygen atoms in total. The van der Waals surface area contributed by atoms with Gasteiger partial charge < -0.3 is 37.3 Å². The second-order valence-corrected chi connectivity index (χ2v) is 37.9. The maximum absolute atomic E-state index is 6.60. The molecule has 0 radical (unpaired) electrons. The lowest BCUT2D eigenvalue weighted by Gasteiger charge is -2.32. The summed E-state index contributed by atoms with van der Waals surface area (Å²) in [7, 11) is 0. The van der Waals surface area contributed by atoms with Gasteiger partial charge in [0.25, 0.3) is 0 Å². The summed E-state index contributed by atoms with van der Waals surface area (Å²) in [6.07, 6.45) is 0. The van der Waals surface area contributed by atoms with Gasteiger partial charge in [0.05, 0.1) is 34.1 Å². The van der Waals surface area contributed by atoms with Gasteiger partial charge in [-0.15, -0.1) is 0 Å². The first kappa shape index (κ1) is 83.2. The fourth-order valence-electron chi connectivity index (χ4n) is 23.1. The van der Waals surface area contributed by atoms with E-state index in [0.29, 0.717) is 0 Å². The van der Waals surface area contributed by atoms with Gasteiger partial charge in [-0.2, -0.15) is 0 Å². The summed E-state index contributed by atoms with van der Waals surface area (Å²) in [5.74, 6) is 0. The number of anilines is 12. The smallest absolute Gasteiger partial charge is 0.143 e. The van der Waals surface area contributed by atoms with Crippen molar-refractivity contribution in [2.45, 2.75) is 41.5 Å². The largest absolute Gasteiger partial charge is 0.455 e. The third kappa shape index (κ3) is 13.4. The van der Waals surface area contributed by atoms with Crippen LogP contribution in [0.2, 0.25) is 0 Å². The summed E-state index contributed by atoms with van der Waals surface area (Å²) in [5, 5.41) is 23.7. The summed E-state index contributed by atoms with van der Waals surface area (Å²) in [5.41, 5.74) is 36.4. The maximum atomic E-state index is 6.60. The minimum Gasteiger partial charge on any atom is -0.455 e. The zero-order valence-corrected chi connectivity index (χ0v) is 79.1. The molecule has 672 valence electrons. The Hall–Kier alpha value is -18.2. The predicted molar refractivity (Wildman–Crippen MR) is 598 cm³/mol. The van der Waals surface area contributed by atoms with E-state index < -0.39 is 0 Å². The number of furan rings is 4. The maximum Gasteiger partial charge on any atom is 0.143 e. The SMILES string of the molecule is Cc1cc(N(c2ccccc2)c2cccc(-c3cccc4c3oc3ccccc34)c2)c2ccc3c(C)cc(N(c4ccccc4)c4cccc(-c5cccc6c5oc5ccccc56)c4)c4ccc1c2c34.Cc1cccc(C)c1N(c1cccc(-c2cccc3c2oc2ccccc23)c1)c1ccc2ccc3c(N(c4cccc(-c5cccc6c5oc5ccccc56)c4)c4c(C)cccc4C)ccc4ccc1c2c43. The van der Waals surface area contributed by atoms with E-state index in [4.69, 9.17) is 17.7 Å². The molecule has 142 heavy (non-hydrogen) atoms. The summed E-state index contributed by atoms with van der Waals surface area (Å²) in [6.45, 7) is 13.4. The van der Waals surface area contributed by atoms with Gasteiger partial charge >= 0.3 is 0 Å². The van der Waals surface area contributed by atoms with Crippen molar-refractivity contribution in [1.82, 2.24) is 0 Å². The number of nitrogens with zero attached hydrogens (tertiary/aromatic N) is 4. The second kappa shape index (κ2) is 33.3. The molecule has 28 rings (SSSR count). The van der Waals surface area contributed by atoms with Gasteiger partial charge in [-0.05, 0) is 262 Å². The third-order valence-electron chi connectivity index (χ3n) is 29.5. The molecule has 0 N–H and O–H groups in total. The number of para-hydroxylation sites is 12. The van der Waals surface area contributed by atoms with Crippen LogP contribution in [-0.2, 0) is 0 Å². The summed E-state index contributed by atoms with van der Waals surface area (Å²) in [4.78, 5) is 9.83. The molecule has 4 aromatic heterocycles. The number of rotatable bonds is 16. The Labute approximate surface area is 820 Å². The van der Waals surface area contributed by atoms with Crippen molar-refractivity contribution >= 4 is 221 Å². The molecular weight excluding hydrogens is 1730 g/mol. The molecule has 28 aromatic rings. The summed E-state index contributed by atoms with van der Waals surface area (Å²) < 4.78 is 26.3. The molecule has 0 spiro atoms. The molecule has 0 atom stereocenters. The van der Waals surface area contributed by atoms with Gasteiger partial charge in [-0.3, -0.25) is 0 Å². The zero-order chi connectivity index (χ0) is 94.6. The highest BCUT2D eigenvalue weighted by Crippen LogP contribution is 2.55. The number of benzene rings is 24. The highest BCUT2D eigenvalue weighted by Gasteiger charge is 2.31. The first-order valence-corrected chi connectivity index (χ1v) is 48.8. The average molecular weight is 1820 g/mol. The minimum absolute atomic E-state index is 0.895. The van der Waals surface area contributed by atoms with Crippen molar-refractivity contribution < 1.29 is 17.7 Å². The van der Waals surface area contributed by atoms with Crippen LogP contribution in [0.4, 0.5) is 68.2 Å². The Morgan fingerprint density at radius 2 is 0.401 bits per heavy atom. The van der Waals surface area contributed by atoms with Gasteiger partial charge in [0.1, 0.15) is 44.7 Å². The first-order chi connectivity index (χ1) is 69.9. The van der Waals surface area contributed by atoms with Crippen LogP contribution in [0.15, 0.2) is 467 Å². The quantitative estimate of drug-likeness (QED) is 0.0887. The molecule has 0 amide bonds. The molecule has 4 heterocycles. The lowest BCUT2D eigenvalue weighted by molar-refractivity contribution is 0.669. The number of aryl methyl sites for hydroxylation is 6. The Balaban J connectivity index is 0.000000142. The highest BCUT2D eigenvalue weighted by molar-refractivity contribution is 6.31. The molecule has 24 aromatic carbocycles. The molecular formula is C134H92N4O4. The first-order valence-electron chi connectivity index (χ1n) is 48.8. The Bertz CT molecular complexity index is 9340. The second-order valence-electron chi connectivity index (χ2n) is 37.9. The van der Waals surface area contributed by atoms with Crippen molar-refractivity contribution in [2.24, 2.45) is 0 Å². The third-order valence-corrected chi connectivity index (χ3v) is 29.5. The Morgan fingerprint density at radius 3 is 0.725 bits per heavy atom. The van der Waals surface area contributed by atoms with E-state index >= 15 is 0 Å². The number of fused-ring (bicyclic) bond motifs is 12. The molecule has 8 heteroatoms. The normalized spacial score (nSPS) is 11.9. The lowest BCUT2D eigenvalue weighted by Crippen LogP contribution is -2.14. The zero-order valence-electron chi connectivity index (χ0n) is 79.1. The highest BCUT2D eigenvalue weighted by atomic mass is 16.3. The lowest BCUT2D eigenvalue weighted by atomic mass is 9.88. The van der Waals surface area contributed by atoms with Crippen molar-refractivity contribution in [1.29, 1.82) is 0 Å². The van der Waals surface area contributed by atoms with Crippen LogP contribution >= 0.6 is 0 Å². The van der Waals surface area contributed by atoms with E-state index in [1.807, 2.05) is 24.3 Å². The predicted octanol–water partition coefficient (Wildman–Crippen LogP) is 39.2. The Kier molecular flexibility index (Phi) is 19.5. The van der Waals surface area contributed by atoms with Gasteiger partial charge in [0, 0.05) is 121 Å². The topological polar surface area (TPSA) is 65.5 Å². The molecule has 0 fully saturated rings. The molecule has 0 aliphatic carbocycles. The van der Waals surface area contributed by atoms with E-state index in [1.54, 1.807) is 0 Å². The molecule has 0 saturated heterocycles. The fraction of sp³-hybridized carbons (Fsp3) is 0.0448. The van der Waals surface area contributed by atoms with Crippen LogP contribution in [-0.4, -0.2) is 0 Å². The van der Waals surface area contributed by atoms with E-state index in [1.165, 1.54) is 109 Å². The molecule has 0 aliphatic rings. The number of hydrogen-bond acceptors (Lipinski definition) is 8. The van der Waals surface area contributed by atoms with E-state index in [9.17, 15) is 0 Å². The van der Waals surface area contributed by atoms with Crippen molar-refractivity contribution in [3.05, 3.63) is 482 Å². The van der Waals surface area contributed by atoms with Crippen LogP contribution in [0.3, 0.4) is 0 Å². The van der Waals surface area contributed by atoms with Crippen molar-refractivity contribution in [2.75, 3.05) is 19.6 Å². The summed E-state index contributed by atoms with van der Waals surface area (Å²) in [6, 6.07) is 162. The van der Waals surface area contributed by atoms with Crippen molar-refractivity contribution in [3.63, 3.8) is 0 Å². The van der Waals surface area contributed by atoms with Crippen molar-refractivity contribution in [3.8, 4) is 44.5 Å². The van der Waals surface area contributed by atoms with Gasteiger partial charge in [-0.1, -0.05) is 328 Å².